The zero-order valence-electron chi connectivity index (χ0n) is 11.8. The molecule has 0 unspecified atom stereocenters. The SMILES string of the molecule is Cc1cc(Br)cc2cn([C@H](C)c3ccc(F)cc3)c(O)c12. The first-order chi connectivity index (χ1) is 9.97. The van der Waals surface area contributed by atoms with Crippen LogP contribution in [0.25, 0.3) is 10.8 Å². The Morgan fingerprint density at radius 1 is 1.19 bits per heavy atom. The number of rotatable bonds is 2. The predicted molar refractivity (Wildman–Crippen MR) is 86.3 cm³/mol. The third-order valence-electron chi connectivity index (χ3n) is 3.85. The first kappa shape index (κ1) is 14.1. The minimum Gasteiger partial charge on any atom is -0.494 e. The molecule has 0 saturated heterocycles. The second-order valence-corrected chi connectivity index (χ2v) is 6.19. The number of hydrogen-bond donors (Lipinski definition) is 1. The van der Waals surface area contributed by atoms with Crippen molar-refractivity contribution >= 4 is 26.7 Å². The van der Waals surface area contributed by atoms with Crippen molar-refractivity contribution in [2.24, 2.45) is 0 Å². The summed E-state index contributed by atoms with van der Waals surface area (Å²) < 4.78 is 15.8. The lowest BCUT2D eigenvalue weighted by Crippen LogP contribution is -2.04. The van der Waals surface area contributed by atoms with Crippen molar-refractivity contribution in [1.29, 1.82) is 0 Å². The summed E-state index contributed by atoms with van der Waals surface area (Å²) in [6.07, 6.45) is 1.93. The molecule has 4 heteroatoms. The van der Waals surface area contributed by atoms with Crippen molar-refractivity contribution in [2.45, 2.75) is 19.9 Å². The van der Waals surface area contributed by atoms with Gasteiger partial charge in [-0.15, -0.1) is 0 Å². The Kier molecular flexibility index (Phi) is 3.49. The molecule has 108 valence electrons. The van der Waals surface area contributed by atoms with Crippen molar-refractivity contribution in [3.8, 4) is 5.88 Å². The molecular formula is C17H15BrFNO. The summed E-state index contributed by atoms with van der Waals surface area (Å²) in [5.41, 5.74) is 1.96. The van der Waals surface area contributed by atoms with E-state index in [1.54, 1.807) is 12.1 Å². The van der Waals surface area contributed by atoms with Gasteiger partial charge in [0, 0.05) is 21.4 Å². The quantitative estimate of drug-likeness (QED) is 0.679. The highest BCUT2D eigenvalue weighted by molar-refractivity contribution is 9.10. The van der Waals surface area contributed by atoms with Crippen molar-refractivity contribution in [3.63, 3.8) is 0 Å². The van der Waals surface area contributed by atoms with Crippen LogP contribution in [0.2, 0.25) is 0 Å². The van der Waals surface area contributed by atoms with Crippen molar-refractivity contribution in [2.75, 3.05) is 0 Å². The van der Waals surface area contributed by atoms with Crippen molar-refractivity contribution in [3.05, 3.63) is 64.0 Å². The molecule has 0 saturated carbocycles. The maximum absolute atomic E-state index is 13.0. The van der Waals surface area contributed by atoms with E-state index in [2.05, 4.69) is 15.9 Å². The number of benzene rings is 2. The molecular weight excluding hydrogens is 333 g/mol. The van der Waals surface area contributed by atoms with Crippen molar-refractivity contribution < 1.29 is 9.50 Å². The van der Waals surface area contributed by atoms with Gasteiger partial charge in [0.2, 0.25) is 0 Å². The third-order valence-corrected chi connectivity index (χ3v) is 4.30. The van der Waals surface area contributed by atoms with Gasteiger partial charge in [-0.2, -0.15) is 0 Å². The summed E-state index contributed by atoms with van der Waals surface area (Å²) in [7, 11) is 0. The minimum atomic E-state index is -0.257. The van der Waals surface area contributed by atoms with Gasteiger partial charge in [0.1, 0.15) is 5.82 Å². The summed E-state index contributed by atoms with van der Waals surface area (Å²) in [5.74, 6) is -0.0144. The summed E-state index contributed by atoms with van der Waals surface area (Å²) in [6.45, 7) is 3.95. The van der Waals surface area contributed by atoms with Gasteiger partial charge in [0.05, 0.1) is 6.04 Å². The molecule has 3 rings (SSSR count). The van der Waals surface area contributed by atoms with Gasteiger partial charge in [-0.05, 0) is 49.2 Å². The second-order valence-electron chi connectivity index (χ2n) is 5.27. The van der Waals surface area contributed by atoms with Crippen LogP contribution in [0.4, 0.5) is 4.39 Å². The molecule has 1 N–H and O–H groups in total. The largest absolute Gasteiger partial charge is 0.494 e. The van der Waals surface area contributed by atoms with Crippen LogP contribution in [0, 0.1) is 12.7 Å². The standard InChI is InChI=1S/C17H15BrFNO/c1-10-7-14(18)8-13-9-20(17(21)16(10)13)11(2)12-3-5-15(19)6-4-12/h3-9,11,21H,1-2H3/t11-/m1/s1. The van der Waals surface area contributed by atoms with Gasteiger partial charge in [-0.3, -0.25) is 0 Å². The first-order valence-corrected chi connectivity index (χ1v) is 7.52. The Morgan fingerprint density at radius 2 is 1.86 bits per heavy atom. The number of aryl methyl sites for hydroxylation is 1. The Morgan fingerprint density at radius 3 is 2.52 bits per heavy atom. The third kappa shape index (κ3) is 2.44. The molecule has 1 aromatic heterocycles. The molecule has 1 atom stereocenters. The molecule has 0 aliphatic rings. The van der Waals surface area contributed by atoms with Crippen LogP contribution in [-0.2, 0) is 0 Å². The fourth-order valence-electron chi connectivity index (χ4n) is 2.71. The van der Waals surface area contributed by atoms with Gasteiger partial charge in [-0.25, -0.2) is 4.39 Å². The Bertz CT molecular complexity index is 808. The van der Waals surface area contributed by atoms with Crippen LogP contribution in [0.15, 0.2) is 47.1 Å². The smallest absolute Gasteiger partial charge is 0.199 e. The average molecular weight is 348 g/mol. The normalized spacial score (nSPS) is 12.8. The summed E-state index contributed by atoms with van der Waals surface area (Å²) in [6, 6.07) is 10.3. The average Bonchev–Trinajstić information content (AvgIpc) is 2.76. The number of hydrogen-bond acceptors (Lipinski definition) is 1. The van der Waals surface area contributed by atoms with E-state index < -0.39 is 0 Å². The highest BCUT2D eigenvalue weighted by atomic mass is 79.9. The molecule has 21 heavy (non-hydrogen) atoms. The van der Waals surface area contributed by atoms with Gasteiger partial charge in [0.15, 0.2) is 5.88 Å². The molecule has 0 aliphatic carbocycles. The lowest BCUT2D eigenvalue weighted by Gasteiger charge is -2.15. The fourth-order valence-corrected chi connectivity index (χ4v) is 3.30. The van der Waals surface area contributed by atoms with E-state index in [9.17, 15) is 9.50 Å². The van der Waals surface area contributed by atoms with Crippen molar-refractivity contribution in [1.82, 2.24) is 4.57 Å². The van der Waals surface area contributed by atoms with Gasteiger partial charge < -0.3 is 9.67 Å². The lowest BCUT2D eigenvalue weighted by atomic mass is 10.1. The van der Waals surface area contributed by atoms with E-state index in [4.69, 9.17) is 0 Å². The molecule has 0 radical (unpaired) electrons. The molecule has 3 aromatic rings. The van der Waals surface area contributed by atoms with Crippen LogP contribution < -0.4 is 0 Å². The Hall–Kier alpha value is -1.81. The molecule has 0 bridgehead atoms. The maximum atomic E-state index is 13.0. The summed E-state index contributed by atoms with van der Waals surface area (Å²) in [5, 5.41) is 12.4. The molecule has 2 nitrogen and oxygen atoms in total. The van der Waals surface area contributed by atoms with Gasteiger partial charge in [0.25, 0.3) is 0 Å². The Labute approximate surface area is 131 Å². The second kappa shape index (κ2) is 5.19. The van der Waals surface area contributed by atoms with E-state index in [0.717, 1.165) is 26.4 Å². The van der Waals surface area contributed by atoms with Gasteiger partial charge in [-0.1, -0.05) is 28.1 Å². The minimum absolute atomic E-state index is 0.0730. The van der Waals surface area contributed by atoms with Crippen LogP contribution in [0.1, 0.15) is 24.1 Å². The first-order valence-electron chi connectivity index (χ1n) is 6.72. The highest BCUT2D eigenvalue weighted by Gasteiger charge is 2.16. The maximum Gasteiger partial charge on any atom is 0.199 e. The predicted octanol–water partition coefficient (Wildman–Crippen LogP) is 5.17. The topological polar surface area (TPSA) is 25.2 Å². The number of aromatic hydroxyl groups is 1. The zero-order valence-corrected chi connectivity index (χ0v) is 13.4. The van der Waals surface area contributed by atoms with E-state index in [-0.39, 0.29) is 17.7 Å². The van der Waals surface area contributed by atoms with Gasteiger partial charge >= 0.3 is 0 Å². The fraction of sp³-hybridized carbons (Fsp3) is 0.176. The van der Waals surface area contributed by atoms with E-state index in [0.29, 0.717) is 0 Å². The molecule has 2 aromatic carbocycles. The van der Waals surface area contributed by atoms with E-state index in [1.165, 1.54) is 12.1 Å². The number of halogens is 2. The van der Waals surface area contributed by atoms with Crippen LogP contribution in [0.3, 0.4) is 0 Å². The molecule has 0 amide bonds. The molecule has 0 spiro atoms. The van der Waals surface area contributed by atoms with E-state index >= 15 is 0 Å². The molecule has 1 heterocycles. The molecule has 0 fully saturated rings. The highest BCUT2D eigenvalue weighted by Crippen LogP contribution is 2.36. The van der Waals surface area contributed by atoms with Crippen LogP contribution >= 0.6 is 15.9 Å². The summed E-state index contributed by atoms with van der Waals surface area (Å²) >= 11 is 3.47. The number of aromatic nitrogens is 1. The summed E-state index contributed by atoms with van der Waals surface area (Å²) in [4.78, 5) is 0. The number of fused-ring (bicyclic) bond motifs is 1. The zero-order chi connectivity index (χ0) is 15.1. The monoisotopic (exact) mass is 347 g/mol. The van der Waals surface area contributed by atoms with Crippen LogP contribution in [-0.4, -0.2) is 9.67 Å². The molecule has 0 aliphatic heterocycles. The Balaban J connectivity index is 2.14. The lowest BCUT2D eigenvalue weighted by molar-refractivity contribution is 0.412. The number of nitrogens with zero attached hydrogens (tertiary/aromatic N) is 1. The van der Waals surface area contributed by atoms with Crippen LogP contribution in [0.5, 0.6) is 5.88 Å². The van der Waals surface area contributed by atoms with E-state index in [1.807, 2.05) is 36.7 Å².